The van der Waals surface area contributed by atoms with Crippen molar-refractivity contribution in [1.29, 1.82) is 0 Å². The van der Waals surface area contributed by atoms with E-state index in [0.29, 0.717) is 12.8 Å². The summed E-state index contributed by atoms with van der Waals surface area (Å²) >= 11 is 0. The Morgan fingerprint density at radius 3 is 1.21 bits per heavy atom. The Morgan fingerprint density at radius 1 is 0.789 bits per heavy atom. The molecule has 0 aliphatic rings. The fourth-order valence-electron chi connectivity index (χ4n) is 0.611. The molecule has 11 heteroatoms. The third-order valence-electron chi connectivity index (χ3n) is 1.45. The van der Waals surface area contributed by atoms with Crippen molar-refractivity contribution in [3.05, 3.63) is 0 Å². The van der Waals surface area contributed by atoms with Gasteiger partial charge in [-0.25, -0.2) is 16.8 Å². The molecule has 0 rings (SSSR count). The van der Waals surface area contributed by atoms with Crippen LogP contribution >= 0.6 is 0 Å². The molecular formula is C8H18CaO8S2. The fraction of sp³-hybridized carbons (Fsp3) is 1.00. The van der Waals surface area contributed by atoms with Crippen LogP contribution in [0.15, 0.2) is 0 Å². The van der Waals surface area contributed by atoms with Crippen LogP contribution in [0.1, 0.15) is 39.5 Å². The molecule has 0 heterocycles. The van der Waals surface area contributed by atoms with E-state index in [1.54, 1.807) is 0 Å². The summed E-state index contributed by atoms with van der Waals surface area (Å²) in [6.45, 7) is 3.76. The molecule has 0 aliphatic carbocycles. The Balaban J connectivity index is -0.000000256. The van der Waals surface area contributed by atoms with Gasteiger partial charge in [-0.3, -0.25) is 8.37 Å². The third-order valence-corrected chi connectivity index (χ3v) is 2.36. The van der Waals surface area contributed by atoms with Gasteiger partial charge in [0.05, 0.1) is 13.2 Å². The molecule has 0 fully saturated rings. The van der Waals surface area contributed by atoms with E-state index < -0.39 is 20.8 Å². The van der Waals surface area contributed by atoms with E-state index in [4.69, 9.17) is 0 Å². The van der Waals surface area contributed by atoms with Crippen LogP contribution in [0.5, 0.6) is 0 Å². The topological polar surface area (TPSA) is 133 Å². The first kappa shape index (κ1) is 25.0. The summed E-state index contributed by atoms with van der Waals surface area (Å²) < 4.78 is 66.1. The number of rotatable bonds is 8. The molecule has 112 valence electrons. The Bertz CT molecular complexity index is 340. The fourth-order valence-corrected chi connectivity index (χ4v) is 1.25. The van der Waals surface area contributed by atoms with Crippen molar-refractivity contribution in [2.75, 3.05) is 13.2 Å². The molecule has 0 aromatic rings. The van der Waals surface area contributed by atoms with Gasteiger partial charge in [-0.05, 0) is 12.8 Å². The monoisotopic (exact) mass is 346 g/mol. The Kier molecular flexibility index (Phi) is 18.4. The third kappa shape index (κ3) is 32.5. The van der Waals surface area contributed by atoms with E-state index in [-0.39, 0.29) is 51.0 Å². The first-order chi connectivity index (χ1) is 8.12. The van der Waals surface area contributed by atoms with Crippen LogP contribution in [0.4, 0.5) is 0 Å². The van der Waals surface area contributed by atoms with Crippen molar-refractivity contribution in [2.45, 2.75) is 39.5 Å². The van der Waals surface area contributed by atoms with Gasteiger partial charge in [0, 0.05) is 0 Å². The van der Waals surface area contributed by atoms with Gasteiger partial charge < -0.3 is 9.11 Å². The molecule has 0 atom stereocenters. The maximum absolute atomic E-state index is 9.73. The average Bonchev–Trinajstić information content (AvgIpc) is 2.16. The van der Waals surface area contributed by atoms with Crippen molar-refractivity contribution in [3.63, 3.8) is 0 Å². The molecule has 0 aliphatic heterocycles. The van der Waals surface area contributed by atoms with Gasteiger partial charge in [-0.2, -0.15) is 0 Å². The van der Waals surface area contributed by atoms with Crippen molar-refractivity contribution >= 4 is 58.5 Å². The van der Waals surface area contributed by atoms with E-state index in [1.165, 1.54) is 0 Å². The van der Waals surface area contributed by atoms with E-state index in [9.17, 15) is 25.9 Å². The Morgan fingerprint density at radius 2 is 1.05 bits per heavy atom. The van der Waals surface area contributed by atoms with E-state index >= 15 is 0 Å². The van der Waals surface area contributed by atoms with E-state index in [0.717, 1.165) is 12.8 Å². The van der Waals surface area contributed by atoms with E-state index in [1.807, 2.05) is 13.8 Å². The zero-order chi connectivity index (χ0) is 14.7. The van der Waals surface area contributed by atoms with Crippen LogP contribution in [0.25, 0.3) is 0 Å². The van der Waals surface area contributed by atoms with Crippen molar-refractivity contribution in [2.24, 2.45) is 0 Å². The largest absolute Gasteiger partial charge is 2.00 e. The smallest absolute Gasteiger partial charge is 0.726 e. The molecule has 0 N–H and O–H groups in total. The van der Waals surface area contributed by atoms with Gasteiger partial charge >= 0.3 is 37.7 Å². The number of unbranched alkanes of at least 4 members (excludes halogenated alkanes) is 2. The summed E-state index contributed by atoms with van der Waals surface area (Å²) in [6, 6.07) is 0. The van der Waals surface area contributed by atoms with Gasteiger partial charge in [0.25, 0.3) is 0 Å². The number of hydrogen-bond donors (Lipinski definition) is 0. The molecule has 0 aromatic heterocycles. The summed E-state index contributed by atoms with van der Waals surface area (Å²) in [5.74, 6) is 0. The van der Waals surface area contributed by atoms with Gasteiger partial charge in [0.15, 0.2) is 0 Å². The predicted octanol–water partition coefficient (Wildman–Crippen LogP) is 0.146. The molecule has 0 radical (unpaired) electrons. The molecule has 8 nitrogen and oxygen atoms in total. The van der Waals surface area contributed by atoms with Crippen LogP contribution in [-0.4, -0.2) is 76.9 Å². The van der Waals surface area contributed by atoms with Gasteiger partial charge in [0.2, 0.25) is 20.8 Å². The first-order valence-corrected chi connectivity index (χ1v) is 7.99. The average molecular weight is 346 g/mol. The van der Waals surface area contributed by atoms with Crippen molar-refractivity contribution in [1.82, 2.24) is 0 Å². The zero-order valence-corrected chi connectivity index (χ0v) is 14.9. The van der Waals surface area contributed by atoms with Crippen LogP contribution in [0.3, 0.4) is 0 Å². The second-order valence-electron chi connectivity index (χ2n) is 3.17. The molecule has 0 amide bonds. The minimum Gasteiger partial charge on any atom is -0.726 e. The van der Waals surface area contributed by atoms with Crippen LogP contribution in [0, 0.1) is 0 Å². The summed E-state index contributed by atoms with van der Waals surface area (Å²) in [6.07, 6.45) is 2.83. The molecule has 0 aromatic carbocycles. The van der Waals surface area contributed by atoms with Crippen LogP contribution < -0.4 is 0 Å². The summed E-state index contributed by atoms with van der Waals surface area (Å²) in [4.78, 5) is 0. The van der Waals surface area contributed by atoms with Crippen molar-refractivity contribution in [3.8, 4) is 0 Å². The van der Waals surface area contributed by atoms with Crippen molar-refractivity contribution < 1.29 is 34.3 Å². The van der Waals surface area contributed by atoms with Gasteiger partial charge in [-0.1, -0.05) is 26.7 Å². The molecule has 0 unspecified atom stereocenters. The van der Waals surface area contributed by atoms with Gasteiger partial charge in [-0.15, -0.1) is 0 Å². The maximum atomic E-state index is 9.73. The SMILES string of the molecule is CCCCOS(=O)(=O)[O-].CCCCOS(=O)(=O)[O-].[Ca+2]. The molecule has 0 bridgehead atoms. The Hall–Kier alpha value is 1.000. The zero-order valence-electron chi connectivity index (χ0n) is 11.0. The minimum atomic E-state index is -4.45. The molecule has 0 saturated carbocycles. The Labute approximate surface area is 144 Å². The molecule has 19 heavy (non-hydrogen) atoms. The first-order valence-electron chi connectivity index (χ1n) is 5.32. The minimum absolute atomic E-state index is 0. The molecule has 0 spiro atoms. The second kappa shape index (κ2) is 14.0. The van der Waals surface area contributed by atoms with Crippen LogP contribution in [-0.2, 0) is 29.2 Å². The van der Waals surface area contributed by atoms with E-state index in [2.05, 4.69) is 8.37 Å². The summed E-state index contributed by atoms with van der Waals surface area (Å²) in [5, 5.41) is 0. The molecular weight excluding hydrogens is 328 g/mol. The van der Waals surface area contributed by atoms with Gasteiger partial charge in [0.1, 0.15) is 0 Å². The number of hydrogen-bond acceptors (Lipinski definition) is 8. The normalized spacial score (nSPS) is 11.2. The quantitative estimate of drug-likeness (QED) is 0.262. The predicted molar refractivity (Wildman–Crippen MR) is 66.9 cm³/mol. The summed E-state index contributed by atoms with van der Waals surface area (Å²) in [5.41, 5.74) is 0. The van der Waals surface area contributed by atoms with Crippen LogP contribution in [0.2, 0.25) is 0 Å². The second-order valence-corrected chi connectivity index (χ2v) is 5.27. The standard InChI is InChI=1S/2C4H10O4S.Ca/c2*1-2-3-4-8-9(5,6)7;/h2*2-4H2,1H3,(H,5,6,7);/q;;+2/p-2. The summed E-state index contributed by atoms with van der Waals surface area (Å²) in [7, 11) is -8.89. The molecule has 0 saturated heterocycles. The maximum Gasteiger partial charge on any atom is 2.00 e.